The Labute approximate surface area is 203 Å². The molecule has 1 heterocycles. The van der Waals surface area contributed by atoms with Gasteiger partial charge < -0.3 is 0 Å². The fourth-order valence-corrected chi connectivity index (χ4v) is 6.41. The number of sulfonamides is 2. The number of benzene rings is 3. The molecule has 9 nitrogen and oxygen atoms in total. The molecule has 3 aromatic rings. The summed E-state index contributed by atoms with van der Waals surface area (Å²) in [5.74, 6) is -1.32. The predicted octanol–water partition coefficient (Wildman–Crippen LogP) is 2.42. The van der Waals surface area contributed by atoms with Crippen LogP contribution in [-0.2, 0) is 29.6 Å². The summed E-state index contributed by atoms with van der Waals surface area (Å²) in [4.78, 5) is 27.2. The van der Waals surface area contributed by atoms with Crippen molar-refractivity contribution in [3.8, 4) is 0 Å². The number of nitrogens with two attached hydrogens (primary N) is 1. The van der Waals surface area contributed by atoms with Crippen molar-refractivity contribution in [1.29, 1.82) is 0 Å². The molecule has 4 rings (SSSR count). The topological polar surface area (TPSA) is 135 Å². The van der Waals surface area contributed by atoms with Crippen molar-refractivity contribution >= 4 is 37.5 Å². The SMILES string of the molecule is CC(c1ccccc1)N(C1CC(=O)N(c2ccc(S(N)(=O)=O)cc2)C1=O)S(=O)(=O)c1ccccc1. The Morgan fingerprint density at radius 3 is 1.91 bits per heavy atom. The third-order valence-electron chi connectivity index (χ3n) is 5.84. The van der Waals surface area contributed by atoms with Crippen molar-refractivity contribution in [1.82, 2.24) is 4.31 Å². The second-order valence-corrected chi connectivity index (χ2v) is 11.5. The zero-order valence-corrected chi connectivity index (χ0v) is 20.3. The molecule has 1 aliphatic heterocycles. The highest BCUT2D eigenvalue weighted by molar-refractivity contribution is 7.89. The molecular formula is C24H23N3O6S2. The number of hydrogen-bond donors (Lipinski definition) is 1. The standard InChI is InChI=1S/C24H23N3O6S2/c1-17(18-8-4-2-5-9-18)27(35(32,33)21-10-6-3-7-11-21)22-16-23(28)26(24(22)29)19-12-14-20(15-13-19)34(25,30)31/h2-15,17,22H,16H2,1H3,(H2,25,30,31). The number of imide groups is 1. The van der Waals surface area contributed by atoms with E-state index < -0.39 is 43.9 Å². The Hall–Kier alpha value is -3.38. The molecule has 182 valence electrons. The smallest absolute Gasteiger partial charge is 0.252 e. The molecule has 2 amide bonds. The monoisotopic (exact) mass is 513 g/mol. The molecular weight excluding hydrogens is 490 g/mol. The lowest BCUT2D eigenvalue weighted by Gasteiger charge is -2.32. The molecule has 0 spiro atoms. The molecule has 2 unspecified atom stereocenters. The van der Waals surface area contributed by atoms with Crippen LogP contribution < -0.4 is 10.0 Å². The van der Waals surface area contributed by atoms with E-state index in [0.29, 0.717) is 5.56 Å². The van der Waals surface area contributed by atoms with Crippen LogP contribution in [0, 0.1) is 0 Å². The highest BCUT2D eigenvalue weighted by atomic mass is 32.2. The van der Waals surface area contributed by atoms with Gasteiger partial charge in [0, 0.05) is 6.04 Å². The van der Waals surface area contributed by atoms with E-state index in [-0.39, 0.29) is 21.9 Å². The molecule has 1 saturated heterocycles. The van der Waals surface area contributed by atoms with Crippen molar-refractivity contribution < 1.29 is 26.4 Å². The first-order chi connectivity index (χ1) is 16.5. The Morgan fingerprint density at radius 2 is 1.37 bits per heavy atom. The van der Waals surface area contributed by atoms with E-state index in [4.69, 9.17) is 5.14 Å². The van der Waals surface area contributed by atoms with Crippen LogP contribution in [0.15, 0.2) is 94.7 Å². The van der Waals surface area contributed by atoms with Gasteiger partial charge in [0.25, 0.3) is 5.91 Å². The lowest BCUT2D eigenvalue weighted by atomic mass is 10.1. The maximum absolute atomic E-state index is 13.7. The lowest BCUT2D eigenvalue weighted by Crippen LogP contribution is -2.46. The summed E-state index contributed by atoms with van der Waals surface area (Å²) < 4.78 is 51.7. The van der Waals surface area contributed by atoms with Gasteiger partial charge in [0.1, 0.15) is 6.04 Å². The van der Waals surface area contributed by atoms with Crippen LogP contribution in [0.1, 0.15) is 24.9 Å². The molecule has 0 saturated carbocycles. The zero-order chi connectivity index (χ0) is 25.4. The number of rotatable bonds is 7. The van der Waals surface area contributed by atoms with Crippen molar-refractivity contribution in [2.75, 3.05) is 4.90 Å². The molecule has 0 aliphatic carbocycles. The summed E-state index contributed by atoms with van der Waals surface area (Å²) in [7, 11) is -8.14. The fraction of sp³-hybridized carbons (Fsp3) is 0.167. The van der Waals surface area contributed by atoms with Crippen LogP contribution in [0.2, 0.25) is 0 Å². The van der Waals surface area contributed by atoms with Gasteiger partial charge in [0.15, 0.2) is 0 Å². The average Bonchev–Trinajstić information content (AvgIpc) is 3.12. The highest BCUT2D eigenvalue weighted by Gasteiger charge is 2.48. The molecule has 0 radical (unpaired) electrons. The molecule has 3 aromatic carbocycles. The van der Waals surface area contributed by atoms with E-state index in [1.54, 1.807) is 55.5 Å². The summed E-state index contributed by atoms with van der Waals surface area (Å²) in [5, 5.41) is 5.12. The van der Waals surface area contributed by atoms with Crippen molar-refractivity contribution in [3.05, 3.63) is 90.5 Å². The summed E-state index contributed by atoms with van der Waals surface area (Å²) in [6.07, 6.45) is -0.362. The Bertz CT molecular complexity index is 1460. The minimum absolute atomic E-state index is 0.000939. The van der Waals surface area contributed by atoms with E-state index in [2.05, 4.69) is 0 Å². The first-order valence-electron chi connectivity index (χ1n) is 10.6. The van der Waals surface area contributed by atoms with Gasteiger partial charge in [-0.05, 0) is 48.9 Å². The summed E-state index contributed by atoms with van der Waals surface area (Å²) in [6.45, 7) is 1.66. The quantitative estimate of drug-likeness (QED) is 0.482. The van der Waals surface area contributed by atoms with Gasteiger partial charge in [-0.3, -0.25) is 9.59 Å². The van der Waals surface area contributed by atoms with Crippen LogP contribution >= 0.6 is 0 Å². The molecule has 11 heteroatoms. The zero-order valence-electron chi connectivity index (χ0n) is 18.7. The number of carbonyl (C=O) groups excluding carboxylic acids is 2. The van der Waals surface area contributed by atoms with Gasteiger partial charge in [0.05, 0.1) is 21.9 Å². The Kier molecular flexibility index (Phi) is 6.60. The summed E-state index contributed by atoms with van der Waals surface area (Å²) in [5.41, 5.74) is 0.780. The first kappa shape index (κ1) is 24.7. The maximum atomic E-state index is 13.7. The fourth-order valence-electron chi connectivity index (χ4n) is 4.11. The van der Waals surface area contributed by atoms with Crippen LogP contribution in [-0.4, -0.2) is 39.0 Å². The largest absolute Gasteiger partial charge is 0.274 e. The predicted molar refractivity (Wildman–Crippen MR) is 129 cm³/mol. The number of anilines is 1. The number of nitrogens with zero attached hydrogens (tertiary/aromatic N) is 2. The minimum Gasteiger partial charge on any atom is -0.274 e. The van der Waals surface area contributed by atoms with Gasteiger partial charge in [-0.2, -0.15) is 4.31 Å². The number of amides is 2. The van der Waals surface area contributed by atoms with E-state index in [1.807, 2.05) is 0 Å². The Balaban J connectivity index is 1.77. The molecule has 0 aromatic heterocycles. The first-order valence-corrected chi connectivity index (χ1v) is 13.6. The molecule has 0 bridgehead atoms. The third-order valence-corrected chi connectivity index (χ3v) is 8.76. The van der Waals surface area contributed by atoms with E-state index in [0.717, 1.165) is 9.21 Å². The van der Waals surface area contributed by atoms with Gasteiger partial charge in [-0.25, -0.2) is 26.9 Å². The number of hydrogen-bond acceptors (Lipinski definition) is 6. The van der Waals surface area contributed by atoms with Crippen molar-refractivity contribution in [3.63, 3.8) is 0 Å². The minimum atomic E-state index is -4.18. The number of carbonyl (C=O) groups is 2. The molecule has 1 fully saturated rings. The van der Waals surface area contributed by atoms with Crippen LogP contribution in [0.3, 0.4) is 0 Å². The second kappa shape index (κ2) is 9.34. The van der Waals surface area contributed by atoms with Crippen molar-refractivity contribution in [2.24, 2.45) is 5.14 Å². The van der Waals surface area contributed by atoms with Crippen LogP contribution in [0.25, 0.3) is 0 Å². The summed E-state index contributed by atoms with van der Waals surface area (Å²) >= 11 is 0. The average molecular weight is 514 g/mol. The van der Waals surface area contributed by atoms with E-state index in [9.17, 15) is 26.4 Å². The molecule has 2 atom stereocenters. The van der Waals surface area contributed by atoms with Gasteiger partial charge >= 0.3 is 0 Å². The Morgan fingerprint density at radius 1 is 0.829 bits per heavy atom. The summed E-state index contributed by atoms with van der Waals surface area (Å²) in [6, 6.07) is 19.4. The lowest BCUT2D eigenvalue weighted by molar-refractivity contribution is -0.122. The van der Waals surface area contributed by atoms with Crippen LogP contribution in [0.5, 0.6) is 0 Å². The van der Waals surface area contributed by atoms with Gasteiger partial charge in [-0.15, -0.1) is 0 Å². The second-order valence-electron chi connectivity index (χ2n) is 8.06. The van der Waals surface area contributed by atoms with E-state index in [1.165, 1.54) is 36.4 Å². The van der Waals surface area contributed by atoms with E-state index >= 15 is 0 Å². The van der Waals surface area contributed by atoms with Gasteiger partial charge in [-0.1, -0.05) is 48.5 Å². The number of primary sulfonamides is 1. The third kappa shape index (κ3) is 4.76. The molecule has 2 N–H and O–H groups in total. The molecule has 1 aliphatic rings. The highest BCUT2D eigenvalue weighted by Crippen LogP contribution is 2.35. The normalized spacial score (nSPS) is 17.7. The van der Waals surface area contributed by atoms with Gasteiger partial charge in [0.2, 0.25) is 26.0 Å². The maximum Gasteiger partial charge on any atom is 0.252 e. The van der Waals surface area contributed by atoms with Crippen molar-refractivity contribution in [2.45, 2.75) is 35.2 Å². The van der Waals surface area contributed by atoms with Crippen LogP contribution in [0.4, 0.5) is 5.69 Å². The molecule has 35 heavy (non-hydrogen) atoms.